The molecule has 6 aromatic carbocycles. The van der Waals surface area contributed by atoms with Crippen molar-refractivity contribution < 1.29 is 0 Å². The third-order valence-corrected chi connectivity index (χ3v) is 11.6. The van der Waals surface area contributed by atoms with Crippen LogP contribution in [-0.2, 0) is 6.42 Å². The molecule has 3 heterocycles. The molecule has 2 aromatic heterocycles. The lowest BCUT2D eigenvalue weighted by atomic mass is 9.80. The van der Waals surface area contributed by atoms with Crippen LogP contribution in [0.15, 0.2) is 194 Å². The Labute approximate surface area is 326 Å². The fourth-order valence-corrected chi connectivity index (χ4v) is 8.92. The molecule has 0 radical (unpaired) electrons. The summed E-state index contributed by atoms with van der Waals surface area (Å²) < 4.78 is 2.42. The van der Waals surface area contributed by atoms with Crippen LogP contribution < -0.4 is 4.90 Å². The Morgan fingerprint density at radius 3 is 1.79 bits per heavy atom. The quantitative estimate of drug-likeness (QED) is 0.172. The van der Waals surface area contributed by atoms with E-state index in [1.807, 2.05) is 60.7 Å². The van der Waals surface area contributed by atoms with Crippen molar-refractivity contribution >= 4 is 28.4 Å². The summed E-state index contributed by atoms with van der Waals surface area (Å²) in [6, 6.07) is 57.6. The Hall–Kier alpha value is -7.11. The van der Waals surface area contributed by atoms with Gasteiger partial charge in [0.1, 0.15) is 0 Å². The van der Waals surface area contributed by atoms with Gasteiger partial charge in [-0.3, -0.25) is 0 Å². The molecular formula is C51H37N5. The number of fused-ring (bicyclic) bond motifs is 6. The third-order valence-electron chi connectivity index (χ3n) is 11.6. The van der Waals surface area contributed by atoms with Crippen molar-refractivity contribution in [3.05, 3.63) is 210 Å². The van der Waals surface area contributed by atoms with Crippen molar-refractivity contribution in [1.29, 1.82) is 0 Å². The van der Waals surface area contributed by atoms with E-state index in [-0.39, 0.29) is 12.0 Å². The maximum Gasteiger partial charge on any atom is 0.164 e. The normalized spacial score (nSPS) is 18.0. The van der Waals surface area contributed by atoms with E-state index in [1.165, 1.54) is 44.7 Å². The molecule has 3 aliphatic rings. The molecule has 5 heteroatoms. The lowest BCUT2D eigenvalue weighted by molar-refractivity contribution is 0.697. The molecule has 2 aliphatic carbocycles. The molecule has 8 aromatic rings. The van der Waals surface area contributed by atoms with Gasteiger partial charge in [0.15, 0.2) is 17.5 Å². The molecule has 5 nitrogen and oxygen atoms in total. The lowest BCUT2D eigenvalue weighted by Gasteiger charge is -2.31. The van der Waals surface area contributed by atoms with Gasteiger partial charge in [-0.1, -0.05) is 140 Å². The molecule has 0 bridgehead atoms. The van der Waals surface area contributed by atoms with Crippen molar-refractivity contribution in [1.82, 2.24) is 19.5 Å². The molecule has 0 saturated heterocycles. The molecule has 1 aliphatic heterocycles. The van der Waals surface area contributed by atoms with Gasteiger partial charge < -0.3 is 9.47 Å². The van der Waals surface area contributed by atoms with Gasteiger partial charge in [-0.05, 0) is 77.7 Å². The Morgan fingerprint density at radius 2 is 1.09 bits per heavy atom. The average molecular weight is 720 g/mol. The highest BCUT2D eigenvalue weighted by atomic mass is 15.2. The minimum absolute atomic E-state index is 0.177. The molecule has 0 spiro atoms. The summed E-state index contributed by atoms with van der Waals surface area (Å²) in [6.45, 7) is 0. The van der Waals surface area contributed by atoms with Gasteiger partial charge in [0.25, 0.3) is 0 Å². The van der Waals surface area contributed by atoms with Gasteiger partial charge in [0.2, 0.25) is 0 Å². The summed E-state index contributed by atoms with van der Waals surface area (Å²) in [6.07, 6.45) is 13.1. The molecule has 3 unspecified atom stereocenters. The van der Waals surface area contributed by atoms with Gasteiger partial charge in [0, 0.05) is 56.7 Å². The zero-order chi connectivity index (χ0) is 37.0. The first kappa shape index (κ1) is 32.3. The molecule has 266 valence electrons. The summed E-state index contributed by atoms with van der Waals surface area (Å²) >= 11 is 0. The second kappa shape index (κ2) is 13.3. The summed E-state index contributed by atoms with van der Waals surface area (Å²) in [5, 5.41) is 1.34. The van der Waals surface area contributed by atoms with Crippen LogP contribution in [0.4, 0.5) is 11.4 Å². The number of benzene rings is 6. The number of aromatic nitrogens is 4. The van der Waals surface area contributed by atoms with E-state index >= 15 is 0 Å². The highest BCUT2D eigenvalue weighted by molar-refractivity contribution is 5.91. The van der Waals surface area contributed by atoms with E-state index in [0.29, 0.717) is 23.4 Å². The number of nitrogens with zero attached hydrogens (tertiary/aromatic N) is 5. The zero-order valence-electron chi connectivity index (χ0n) is 30.7. The number of hydrogen-bond donors (Lipinski definition) is 0. The highest BCUT2D eigenvalue weighted by Crippen LogP contribution is 2.49. The number of hydrogen-bond acceptors (Lipinski definition) is 4. The Morgan fingerprint density at radius 1 is 0.500 bits per heavy atom. The van der Waals surface area contributed by atoms with Crippen molar-refractivity contribution in [2.75, 3.05) is 4.90 Å². The monoisotopic (exact) mass is 719 g/mol. The van der Waals surface area contributed by atoms with E-state index in [1.54, 1.807) is 0 Å². The van der Waals surface area contributed by atoms with Crippen LogP contribution in [0.1, 0.15) is 22.7 Å². The molecule has 0 amide bonds. The first-order chi connectivity index (χ1) is 27.8. The minimum Gasteiger partial charge on any atom is -0.333 e. The van der Waals surface area contributed by atoms with Crippen molar-refractivity contribution in [3.63, 3.8) is 0 Å². The first-order valence-electron chi connectivity index (χ1n) is 19.4. The summed E-state index contributed by atoms with van der Waals surface area (Å²) in [5.41, 5.74) is 13.2. The van der Waals surface area contributed by atoms with E-state index < -0.39 is 0 Å². The molecule has 0 N–H and O–H groups in total. The number of allylic oxidation sites excluding steroid dienone is 3. The summed E-state index contributed by atoms with van der Waals surface area (Å²) in [4.78, 5) is 17.3. The van der Waals surface area contributed by atoms with Crippen LogP contribution >= 0.6 is 0 Å². The fraction of sp³-hybridized carbons (Fsp3) is 0.0784. The number of para-hydroxylation sites is 3. The van der Waals surface area contributed by atoms with Crippen molar-refractivity contribution in [2.24, 2.45) is 5.92 Å². The summed E-state index contributed by atoms with van der Waals surface area (Å²) in [7, 11) is 0. The molecule has 56 heavy (non-hydrogen) atoms. The fourth-order valence-electron chi connectivity index (χ4n) is 8.92. The first-order valence-corrected chi connectivity index (χ1v) is 19.4. The van der Waals surface area contributed by atoms with Crippen LogP contribution in [0.3, 0.4) is 0 Å². The van der Waals surface area contributed by atoms with Crippen LogP contribution in [0, 0.1) is 5.92 Å². The van der Waals surface area contributed by atoms with Crippen LogP contribution in [-0.4, -0.2) is 25.6 Å². The highest BCUT2D eigenvalue weighted by Gasteiger charge is 2.39. The smallest absolute Gasteiger partial charge is 0.164 e. The molecule has 3 atom stereocenters. The molecular weight excluding hydrogens is 683 g/mol. The standard InChI is InChI=1S/C51H37N5/c1-4-14-34(15-5-1)49-52-50(35-16-6-2-7-17-35)54-51(53-49)36-24-28-40(29-25-36)56-46-23-13-11-21-42(46)44-33-38(27-31-48(44)56)37-26-30-47-43(32-37)41-20-10-12-22-45(41)55(47)39-18-8-3-9-19-39/h1-31,33,37,44,48H,32H2. The Kier molecular flexibility index (Phi) is 7.69. The van der Waals surface area contributed by atoms with E-state index in [4.69, 9.17) is 15.0 Å². The minimum atomic E-state index is 0.177. The van der Waals surface area contributed by atoms with Crippen molar-refractivity contribution in [2.45, 2.75) is 18.4 Å². The summed E-state index contributed by atoms with van der Waals surface area (Å²) in [5.74, 6) is 2.53. The van der Waals surface area contributed by atoms with Gasteiger partial charge in [-0.15, -0.1) is 0 Å². The van der Waals surface area contributed by atoms with E-state index in [9.17, 15) is 0 Å². The van der Waals surface area contributed by atoms with Crippen molar-refractivity contribution in [3.8, 4) is 39.9 Å². The largest absolute Gasteiger partial charge is 0.333 e. The van der Waals surface area contributed by atoms with Crippen LogP contribution in [0.2, 0.25) is 0 Å². The molecule has 0 fully saturated rings. The van der Waals surface area contributed by atoms with E-state index in [2.05, 4.69) is 143 Å². The predicted molar refractivity (Wildman–Crippen MR) is 228 cm³/mol. The van der Waals surface area contributed by atoms with Crippen LogP contribution in [0.5, 0.6) is 0 Å². The lowest BCUT2D eigenvalue weighted by Crippen LogP contribution is -2.29. The van der Waals surface area contributed by atoms with Crippen LogP contribution in [0.25, 0.3) is 56.8 Å². The maximum atomic E-state index is 4.97. The molecule has 11 rings (SSSR count). The third kappa shape index (κ3) is 5.43. The number of rotatable bonds is 6. The zero-order valence-corrected chi connectivity index (χ0v) is 30.7. The average Bonchev–Trinajstić information content (AvgIpc) is 3.79. The predicted octanol–water partition coefficient (Wildman–Crippen LogP) is 11.8. The van der Waals surface area contributed by atoms with Gasteiger partial charge >= 0.3 is 0 Å². The van der Waals surface area contributed by atoms with Gasteiger partial charge in [-0.2, -0.15) is 0 Å². The Bertz CT molecular complexity index is 2780. The van der Waals surface area contributed by atoms with E-state index in [0.717, 1.165) is 28.8 Å². The number of anilines is 2. The second-order valence-corrected chi connectivity index (χ2v) is 14.8. The van der Waals surface area contributed by atoms with Gasteiger partial charge in [-0.25, -0.2) is 15.0 Å². The Balaban J connectivity index is 0.914. The second-order valence-electron chi connectivity index (χ2n) is 14.8. The maximum absolute atomic E-state index is 4.97. The van der Waals surface area contributed by atoms with Gasteiger partial charge in [0.05, 0.1) is 11.6 Å². The SMILES string of the molecule is C1=CC2C(C=C1C1C=Cc3c(c4ccccc4n3-c3ccccc3)C1)c1ccccc1N2c1ccc(-c2nc(-c3ccccc3)nc(-c3ccccc3)n2)cc1. The topological polar surface area (TPSA) is 46.8 Å². The molecule has 0 saturated carbocycles.